The molecular weight excluding hydrogens is 379 g/mol. The van der Waals surface area contributed by atoms with Crippen LogP contribution in [-0.4, -0.2) is 60.7 Å². The molecule has 1 N–H and O–H groups in total. The topological polar surface area (TPSA) is 40.5 Å². The number of unbranched alkanes of at least 4 members (excludes halogenated alkanes) is 1. The highest BCUT2D eigenvalue weighted by molar-refractivity contribution is 5.79. The smallest absolute Gasteiger partial charge is 0.323 e. The molecule has 3 heterocycles. The summed E-state index contributed by atoms with van der Waals surface area (Å²) in [5.74, 6) is 0.286. The minimum absolute atomic E-state index is 0.0447. The number of β-lactam (4-membered cyclic amide) rings is 1. The Morgan fingerprint density at radius 1 is 1.10 bits per heavy atom. The average Bonchev–Trinajstić information content (AvgIpc) is 2.72. The summed E-state index contributed by atoms with van der Waals surface area (Å²) in [4.78, 5) is 15.5. The number of aromatic hydroxyl groups is 1. The molecule has 2 aromatic carbocycles. The van der Waals surface area contributed by atoms with Crippen LogP contribution in [0.2, 0.25) is 0 Å². The number of carbonyl (C=O) groups is 1. The summed E-state index contributed by atoms with van der Waals surface area (Å²) in [5.41, 5.74) is 2.61. The van der Waals surface area contributed by atoms with Crippen molar-refractivity contribution in [3.8, 4) is 5.75 Å². The maximum atomic E-state index is 14.4. The monoisotopic (exact) mass is 411 g/mol. The van der Waals surface area contributed by atoms with E-state index in [2.05, 4.69) is 19.0 Å². The van der Waals surface area contributed by atoms with Gasteiger partial charge < -0.3 is 10.0 Å². The van der Waals surface area contributed by atoms with Crippen molar-refractivity contribution in [1.82, 2.24) is 4.90 Å². The first-order valence-corrected chi connectivity index (χ1v) is 10.9. The molecule has 3 aliphatic heterocycles. The van der Waals surface area contributed by atoms with E-state index in [0.29, 0.717) is 16.0 Å². The molecule has 5 rings (SSSR count). The zero-order chi connectivity index (χ0) is 21.5. The van der Waals surface area contributed by atoms with Gasteiger partial charge in [-0.2, -0.15) is 0 Å². The van der Waals surface area contributed by atoms with E-state index < -0.39 is 0 Å². The zero-order valence-electron chi connectivity index (χ0n) is 18.1. The molecule has 0 aliphatic carbocycles. The summed E-state index contributed by atoms with van der Waals surface area (Å²) in [5, 5.41) is 10.1. The average molecular weight is 412 g/mol. The molecule has 0 spiro atoms. The minimum Gasteiger partial charge on any atom is -0.508 e. The molecule has 3 aliphatic rings. The number of nitrogens with zero attached hydrogens (tertiary/aromatic N) is 2. The lowest BCUT2D eigenvalue weighted by molar-refractivity contribution is -0.898. The Bertz CT molecular complexity index is 944. The quantitative estimate of drug-likeness (QED) is 0.425. The number of phenols is 1. The molecule has 3 saturated heterocycles. The van der Waals surface area contributed by atoms with Crippen LogP contribution in [0.4, 0.5) is 4.39 Å². The third-order valence-electron chi connectivity index (χ3n) is 7.15. The van der Waals surface area contributed by atoms with E-state index in [0.717, 1.165) is 50.1 Å². The summed E-state index contributed by atoms with van der Waals surface area (Å²) in [6, 6.07) is 12.6. The van der Waals surface area contributed by atoms with Gasteiger partial charge in [-0.05, 0) is 75.3 Å². The normalized spacial score (nSPS) is 27.9. The fourth-order valence-corrected chi connectivity index (χ4v) is 5.61. The number of carbonyl (C=O) groups excluding carboxylic acids is 1. The molecular formula is C25H32FN2O2+. The van der Waals surface area contributed by atoms with Crippen LogP contribution >= 0.6 is 0 Å². The van der Waals surface area contributed by atoms with Gasteiger partial charge in [0.25, 0.3) is 0 Å². The summed E-state index contributed by atoms with van der Waals surface area (Å²) in [7, 11) is 4.14. The predicted octanol–water partition coefficient (Wildman–Crippen LogP) is 4.04. The maximum absolute atomic E-state index is 14.4. The molecule has 2 bridgehead atoms. The van der Waals surface area contributed by atoms with Gasteiger partial charge in [-0.15, -0.1) is 0 Å². The van der Waals surface area contributed by atoms with Crippen LogP contribution in [0.3, 0.4) is 0 Å². The number of amides is 1. The van der Waals surface area contributed by atoms with Crippen molar-refractivity contribution >= 4 is 5.91 Å². The first-order chi connectivity index (χ1) is 14.3. The molecule has 0 aromatic heterocycles. The van der Waals surface area contributed by atoms with Gasteiger partial charge in [0.05, 0.1) is 13.1 Å². The number of rotatable bonds is 7. The third kappa shape index (κ3) is 3.65. The first-order valence-electron chi connectivity index (χ1n) is 10.9. The Kier molecular flexibility index (Phi) is 5.69. The Labute approximate surface area is 178 Å². The Hall–Kier alpha value is -2.24. The van der Waals surface area contributed by atoms with Gasteiger partial charge >= 0.3 is 5.91 Å². The Morgan fingerprint density at radius 2 is 1.83 bits per heavy atom. The van der Waals surface area contributed by atoms with Crippen molar-refractivity contribution in [3.05, 3.63) is 65.0 Å². The number of phenolic OH excluding ortho intramolecular Hbond substituents is 1. The van der Waals surface area contributed by atoms with E-state index in [4.69, 9.17) is 0 Å². The van der Waals surface area contributed by atoms with Crippen LogP contribution in [0.5, 0.6) is 5.75 Å². The lowest BCUT2D eigenvalue weighted by Gasteiger charge is -2.57. The van der Waals surface area contributed by atoms with Gasteiger partial charge in [0.15, 0.2) is 0 Å². The summed E-state index contributed by atoms with van der Waals surface area (Å²) >= 11 is 0. The molecule has 3 fully saturated rings. The van der Waals surface area contributed by atoms with Crippen LogP contribution in [0.15, 0.2) is 42.5 Å². The maximum Gasteiger partial charge on any atom is 0.323 e. The van der Waals surface area contributed by atoms with E-state index >= 15 is 0 Å². The van der Waals surface area contributed by atoms with E-state index in [1.165, 1.54) is 6.07 Å². The number of benzene rings is 2. The van der Waals surface area contributed by atoms with Crippen molar-refractivity contribution in [1.29, 1.82) is 0 Å². The number of halogens is 1. The number of quaternary nitrogens is 1. The molecule has 2 aromatic rings. The number of hydrogen-bond acceptors (Lipinski definition) is 3. The second-order valence-electron chi connectivity index (χ2n) is 9.37. The van der Waals surface area contributed by atoms with Gasteiger partial charge in [0.1, 0.15) is 24.0 Å². The highest BCUT2D eigenvalue weighted by Gasteiger charge is 2.64. The van der Waals surface area contributed by atoms with Crippen molar-refractivity contribution in [3.63, 3.8) is 0 Å². The largest absolute Gasteiger partial charge is 0.508 e. The molecule has 1 amide bonds. The molecule has 30 heavy (non-hydrogen) atoms. The SMILES string of the molecule is Cc1c(F)cccc1C1C2C[N+](CCCCN(C)C)(CC1c1cccc(O)c1)C2=O. The van der Waals surface area contributed by atoms with E-state index in [1.807, 2.05) is 31.2 Å². The number of hydrogen-bond donors (Lipinski definition) is 1. The van der Waals surface area contributed by atoms with Crippen LogP contribution in [0.25, 0.3) is 0 Å². The van der Waals surface area contributed by atoms with E-state index in [1.54, 1.807) is 12.1 Å². The number of fused-ring (bicyclic) bond motifs is 2. The molecule has 160 valence electrons. The van der Waals surface area contributed by atoms with Crippen LogP contribution in [0, 0.1) is 18.7 Å². The van der Waals surface area contributed by atoms with Gasteiger partial charge in [-0.3, -0.25) is 4.48 Å². The van der Waals surface area contributed by atoms with Crippen LogP contribution in [0.1, 0.15) is 41.4 Å². The second kappa shape index (κ2) is 8.12. The number of piperidine rings is 2. The first kappa shape index (κ1) is 21.0. The van der Waals surface area contributed by atoms with Crippen molar-refractivity contribution in [2.45, 2.75) is 31.6 Å². The zero-order valence-corrected chi connectivity index (χ0v) is 18.1. The molecule has 0 radical (unpaired) electrons. The highest BCUT2D eigenvalue weighted by atomic mass is 19.1. The predicted molar refractivity (Wildman–Crippen MR) is 116 cm³/mol. The fraction of sp³-hybridized carbons (Fsp3) is 0.480. The minimum atomic E-state index is -0.219. The Balaban J connectivity index is 1.66. The van der Waals surface area contributed by atoms with Crippen LogP contribution in [-0.2, 0) is 4.79 Å². The van der Waals surface area contributed by atoms with Gasteiger partial charge in [-0.1, -0.05) is 24.3 Å². The van der Waals surface area contributed by atoms with Gasteiger partial charge in [-0.25, -0.2) is 9.18 Å². The van der Waals surface area contributed by atoms with Crippen LogP contribution < -0.4 is 0 Å². The lowest BCUT2D eigenvalue weighted by Crippen LogP contribution is -2.74. The Morgan fingerprint density at radius 3 is 2.53 bits per heavy atom. The molecule has 5 heteroatoms. The fourth-order valence-electron chi connectivity index (χ4n) is 5.61. The summed E-state index contributed by atoms with van der Waals surface area (Å²) in [6.45, 7) is 5.27. The lowest BCUT2D eigenvalue weighted by atomic mass is 9.63. The van der Waals surface area contributed by atoms with Crippen molar-refractivity contribution in [2.24, 2.45) is 5.92 Å². The van der Waals surface area contributed by atoms with E-state index in [-0.39, 0.29) is 29.3 Å². The summed E-state index contributed by atoms with van der Waals surface area (Å²) in [6.07, 6.45) is 2.10. The standard InChI is InChI=1S/C25H31FN2O2/c1-17-20(10-7-11-23(17)26)24-21(18-8-6-9-19(29)14-18)15-28(16-22(24)25(28)30)13-5-4-12-27(2)3/h6-11,14,21-22,24H,4-5,12-13,15-16H2,1-3H3/p+1. The van der Waals surface area contributed by atoms with Gasteiger partial charge in [0.2, 0.25) is 0 Å². The second-order valence-corrected chi connectivity index (χ2v) is 9.37. The third-order valence-corrected chi connectivity index (χ3v) is 7.15. The highest BCUT2D eigenvalue weighted by Crippen LogP contribution is 2.53. The van der Waals surface area contributed by atoms with Crippen molar-refractivity contribution < 1.29 is 18.8 Å². The van der Waals surface area contributed by atoms with E-state index in [9.17, 15) is 14.3 Å². The molecule has 4 nitrogen and oxygen atoms in total. The van der Waals surface area contributed by atoms with Crippen molar-refractivity contribution in [2.75, 3.05) is 40.3 Å². The summed E-state index contributed by atoms with van der Waals surface area (Å²) < 4.78 is 14.9. The molecule has 4 unspecified atom stereocenters. The molecule has 0 saturated carbocycles. The van der Waals surface area contributed by atoms with Gasteiger partial charge in [0, 0.05) is 11.8 Å². The molecule has 4 atom stereocenters.